The number of hydrogen-bond acceptors (Lipinski definition) is 2. The van der Waals surface area contributed by atoms with Gasteiger partial charge in [-0.05, 0) is 142 Å². The normalized spacial score (nSPS) is 12.6. The lowest BCUT2D eigenvalue weighted by Gasteiger charge is -2.29. The molecule has 57 heavy (non-hydrogen) atoms. The smallest absolute Gasteiger partial charge is 0.113 e. The zero-order valence-corrected chi connectivity index (χ0v) is 34.0. The molecule has 2 nitrogen and oxygen atoms in total. The van der Waals surface area contributed by atoms with E-state index in [0.717, 1.165) is 34.1 Å². The summed E-state index contributed by atoms with van der Waals surface area (Å²) in [5.74, 6) is 0. The molecule has 9 rings (SSSR count). The van der Waals surface area contributed by atoms with Gasteiger partial charge in [0.15, 0.2) is 0 Å². The number of hydrogen-bond donors (Lipinski definition) is 0. The minimum atomic E-state index is -2.16. The van der Waals surface area contributed by atoms with Crippen molar-refractivity contribution in [3.63, 3.8) is 0 Å². The summed E-state index contributed by atoms with van der Waals surface area (Å²) in [6.07, 6.45) is 4.80. The van der Waals surface area contributed by atoms with E-state index in [1.165, 1.54) is 54.9 Å². The first-order chi connectivity index (χ1) is 27.9. The maximum atomic E-state index is 2.52. The van der Waals surface area contributed by atoms with Gasteiger partial charge < -0.3 is 9.80 Å². The number of rotatable bonds is 8. The van der Waals surface area contributed by atoms with Crippen LogP contribution in [0.4, 0.5) is 34.1 Å². The summed E-state index contributed by atoms with van der Waals surface area (Å²) in [6.45, 7) is 9.55. The molecule has 1 aliphatic rings. The van der Waals surface area contributed by atoms with Crippen LogP contribution >= 0.6 is 0 Å². The van der Waals surface area contributed by atoms with Crippen molar-refractivity contribution in [2.24, 2.45) is 0 Å². The van der Waals surface area contributed by atoms with E-state index in [-0.39, 0.29) is 0 Å². The maximum absolute atomic E-state index is 2.52. The molecule has 8 aromatic carbocycles. The molecular weight excluding hydrogens is 705 g/mol. The second-order valence-corrected chi connectivity index (χ2v) is 19.8. The quantitative estimate of drug-likeness (QED) is 0.143. The van der Waals surface area contributed by atoms with Crippen LogP contribution in [-0.2, 0) is 0 Å². The summed E-state index contributed by atoms with van der Waals surface area (Å²) in [7, 11) is -2.16. The van der Waals surface area contributed by atoms with Crippen LogP contribution < -0.4 is 20.2 Å². The van der Waals surface area contributed by atoms with Crippen LogP contribution in [-0.4, -0.2) is 8.07 Å². The van der Waals surface area contributed by atoms with Gasteiger partial charge in [-0.3, -0.25) is 0 Å². The maximum Gasteiger partial charge on any atom is 0.113 e. The van der Waals surface area contributed by atoms with Crippen molar-refractivity contribution in [2.75, 3.05) is 9.80 Å². The van der Waals surface area contributed by atoms with Crippen molar-refractivity contribution in [1.29, 1.82) is 0 Å². The Labute approximate surface area is 338 Å². The number of para-hydroxylation sites is 4. The van der Waals surface area contributed by atoms with Crippen molar-refractivity contribution in [1.82, 2.24) is 0 Å². The monoisotopic (exact) mass is 750 g/mol. The third kappa shape index (κ3) is 6.71. The highest BCUT2D eigenvalue weighted by Gasteiger charge is 2.33. The van der Waals surface area contributed by atoms with Gasteiger partial charge in [0, 0.05) is 34.1 Å². The first kappa shape index (κ1) is 36.0. The molecule has 0 amide bonds. The van der Waals surface area contributed by atoms with E-state index < -0.39 is 8.07 Å². The fourth-order valence-corrected chi connectivity index (χ4v) is 11.8. The Hall–Kier alpha value is -6.68. The van der Waals surface area contributed by atoms with Gasteiger partial charge >= 0.3 is 0 Å². The summed E-state index contributed by atoms with van der Waals surface area (Å²) >= 11 is 0. The van der Waals surface area contributed by atoms with E-state index in [2.05, 4.69) is 243 Å². The average molecular weight is 751 g/mol. The first-order valence-electron chi connectivity index (χ1n) is 19.9. The van der Waals surface area contributed by atoms with Gasteiger partial charge in [-0.15, -0.1) is 0 Å². The molecule has 276 valence electrons. The van der Waals surface area contributed by atoms with E-state index in [1.807, 2.05) is 0 Å². The molecule has 0 saturated heterocycles. The number of aryl methyl sites for hydroxylation is 2. The molecule has 0 aliphatic carbocycles. The Balaban J connectivity index is 1.11. The summed E-state index contributed by atoms with van der Waals surface area (Å²) in [4.78, 5) is 4.68. The standard InChI is InChI=1S/C54H46N2Si/c1-39-37-45(55(41-19-9-5-10-20-41)42-21-11-6-12-22-42)31-33-47(39)49-27-17-29-53-51(49)35-36-52-50(28-18-30-54(52)57(53,3)4)48-34-32-46(38-40(48)2)56(43-23-13-7-14-24-43)44-25-15-8-16-26-44/h5-38H,1-4H3. The van der Waals surface area contributed by atoms with Crippen molar-refractivity contribution in [3.05, 3.63) is 216 Å². The van der Waals surface area contributed by atoms with Crippen LogP contribution in [0.15, 0.2) is 194 Å². The highest BCUT2D eigenvalue weighted by molar-refractivity contribution is 7.01. The molecule has 0 N–H and O–H groups in total. The molecule has 8 aromatic rings. The van der Waals surface area contributed by atoms with Crippen LogP contribution in [0.25, 0.3) is 34.4 Å². The molecule has 0 bridgehead atoms. The Kier molecular flexibility index (Phi) is 9.53. The van der Waals surface area contributed by atoms with Gasteiger partial charge in [0.1, 0.15) is 8.07 Å². The van der Waals surface area contributed by atoms with Crippen LogP contribution in [0.5, 0.6) is 0 Å². The SMILES string of the molecule is Cc1cc(N(c2ccccc2)c2ccccc2)ccc1-c1cccc2c1C=Cc1c(-c3ccc(N(c4ccccc4)c4ccccc4)cc3C)cccc1[Si]2(C)C. The Bertz CT molecular complexity index is 2450. The molecule has 0 unspecified atom stereocenters. The molecule has 0 fully saturated rings. The molecule has 0 atom stereocenters. The van der Waals surface area contributed by atoms with E-state index in [0.29, 0.717) is 0 Å². The third-order valence-electron chi connectivity index (χ3n) is 11.5. The Morgan fingerprint density at radius 3 is 0.965 bits per heavy atom. The highest BCUT2D eigenvalue weighted by Crippen LogP contribution is 2.40. The average Bonchev–Trinajstić information content (AvgIpc) is 3.36. The van der Waals surface area contributed by atoms with Crippen molar-refractivity contribution in [3.8, 4) is 22.3 Å². The predicted molar refractivity (Wildman–Crippen MR) is 248 cm³/mol. The van der Waals surface area contributed by atoms with Gasteiger partial charge in [0.05, 0.1) is 0 Å². The van der Waals surface area contributed by atoms with Gasteiger partial charge in [-0.25, -0.2) is 0 Å². The van der Waals surface area contributed by atoms with E-state index >= 15 is 0 Å². The van der Waals surface area contributed by atoms with Crippen molar-refractivity contribution >= 4 is 64.7 Å². The molecular formula is C54H46N2Si. The van der Waals surface area contributed by atoms with Gasteiger partial charge in [0.2, 0.25) is 0 Å². The number of fused-ring (bicyclic) bond motifs is 2. The fraction of sp³-hybridized carbons (Fsp3) is 0.0741. The predicted octanol–water partition coefficient (Wildman–Crippen LogP) is 13.9. The Morgan fingerprint density at radius 2 is 0.649 bits per heavy atom. The van der Waals surface area contributed by atoms with Crippen LogP contribution in [0.2, 0.25) is 13.1 Å². The van der Waals surface area contributed by atoms with Crippen molar-refractivity contribution < 1.29 is 0 Å². The zero-order chi connectivity index (χ0) is 38.9. The molecule has 0 aromatic heterocycles. The molecule has 0 spiro atoms. The lowest BCUT2D eigenvalue weighted by molar-refractivity contribution is 1.27. The molecule has 3 heteroatoms. The van der Waals surface area contributed by atoms with E-state index in [9.17, 15) is 0 Å². The summed E-state index contributed by atoms with van der Waals surface area (Å²) in [6, 6.07) is 70.4. The minimum absolute atomic E-state index is 1.14. The summed E-state index contributed by atoms with van der Waals surface area (Å²) < 4.78 is 0. The Morgan fingerprint density at radius 1 is 0.316 bits per heavy atom. The second kappa shape index (κ2) is 15.1. The van der Waals surface area contributed by atoms with E-state index in [4.69, 9.17) is 0 Å². The topological polar surface area (TPSA) is 6.48 Å². The lowest BCUT2D eigenvalue weighted by Crippen LogP contribution is -2.54. The minimum Gasteiger partial charge on any atom is -0.310 e. The van der Waals surface area contributed by atoms with Gasteiger partial charge in [-0.1, -0.05) is 147 Å². The van der Waals surface area contributed by atoms with Crippen LogP contribution in [0.1, 0.15) is 22.3 Å². The number of anilines is 6. The second-order valence-electron chi connectivity index (χ2n) is 15.5. The van der Waals surface area contributed by atoms with Gasteiger partial charge in [0.25, 0.3) is 0 Å². The molecule has 0 radical (unpaired) electrons. The van der Waals surface area contributed by atoms with Gasteiger partial charge in [-0.2, -0.15) is 0 Å². The van der Waals surface area contributed by atoms with Crippen molar-refractivity contribution in [2.45, 2.75) is 26.9 Å². The molecule has 0 saturated carbocycles. The zero-order valence-electron chi connectivity index (χ0n) is 33.0. The molecule has 1 aliphatic heterocycles. The summed E-state index contributed by atoms with van der Waals surface area (Å²) in [5, 5.41) is 2.94. The number of nitrogens with zero attached hydrogens (tertiary/aromatic N) is 2. The highest BCUT2D eigenvalue weighted by atomic mass is 28.3. The first-order valence-corrected chi connectivity index (χ1v) is 22.9. The lowest BCUT2D eigenvalue weighted by atomic mass is 9.93. The van der Waals surface area contributed by atoms with Crippen LogP contribution in [0.3, 0.4) is 0 Å². The largest absolute Gasteiger partial charge is 0.310 e. The van der Waals surface area contributed by atoms with E-state index in [1.54, 1.807) is 0 Å². The fourth-order valence-electron chi connectivity index (χ4n) is 8.74. The summed E-state index contributed by atoms with van der Waals surface area (Å²) in [5.41, 5.74) is 17.2. The molecule has 1 heterocycles. The third-order valence-corrected chi connectivity index (χ3v) is 15.1. The number of benzene rings is 8. The van der Waals surface area contributed by atoms with Crippen LogP contribution in [0, 0.1) is 13.8 Å².